The van der Waals surface area contributed by atoms with Gasteiger partial charge in [-0.05, 0) is 32.0 Å². The Kier molecular flexibility index (Phi) is 4.37. The molecule has 1 saturated heterocycles. The Labute approximate surface area is 112 Å². The van der Waals surface area contributed by atoms with Crippen LogP contribution in [-0.2, 0) is 0 Å². The smallest absolute Gasteiger partial charge is 0.257 e. The van der Waals surface area contributed by atoms with E-state index in [1.165, 1.54) is 12.1 Å². The first kappa shape index (κ1) is 13.8. The van der Waals surface area contributed by atoms with Crippen molar-refractivity contribution in [2.75, 3.05) is 26.7 Å². The maximum Gasteiger partial charge on any atom is 0.257 e. The molecule has 1 atom stereocenters. The average Bonchev–Trinajstić information content (AvgIpc) is 2.93. The van der Waals surface area contributed by atoms with E-state index >= 15 is 0 Å². The Bertz CT molecular complexity index is 459. The van der Waals surface area contributed by atoms with E-state index < -0.39 is 5.82 Å². The topological polar surface area (TPSA) is 41.6 Å². The fourth-order valence-corrected chi connectivity index (χ4v) is 2.29. The molecule has 19 heavy (non-hydrogen) atoms. The van der Waals surface area contributed by atoms with Crippen molar-refractivity contribution in [1.29, 1.82) is 0 Å². The normalized spacial score (nSPS) is 18.4. The number of ether oxygens (including phenoxy) is 1. The molecule has 4 nitrogen and oxygen atoms in total. The van der Waals surface area contributed by atoms with Gasteiger partial charge in [0.05, 0.1) is 12.2 Å². The molecule has 104 valence electrons. The average molecular weight is 266 g/mol. The zero-order chi connectivity index (χ0) is 13.8. The first-order valence-corrected chi connectivity index (χ1v) is 6.54. The molecule has 1 N–H and O–H groups in total. The first-order chi connectivity index (χ1) is 9.15. The Balaban J connectivity index is 2.24. The molecule has 1 aromatic rings. The molecule has 5 heteroatoms. The van der Waals surface area contributed by atoms with Crippen molar-refractivity contribution in [2.45, 2.75) is 19.4 Å². The number of likely N-dealkylation sites (N-methyl/N-ethyl adjacent to an activating group) is 1. The first-order valence-electron chi connectivity index (χ1n) is 6.54. The molecular weight excluding hydrogens is 247 g/mol. The molecule has 0 aromatic heterocycles. The summed E-state index contributed by atoms with van der Waals surface area (Å²) in [5, 5.41) is 3.21. The Morgan fingerprint density at radius 3 is 3.00 bits per heavy atom. The van der Waals surface area contributed by atoms with Gasteiger partial charge in [0.1, 0.15) is 0 Å². The van der Waals surface area contributed by atoms with Crippen molar-refractivity contribution < 1.29 is 13.9 Å². The number of halogens is 1. The van der Waals surface area contributed by atoms with E-state index in [1.54, 1.807) is 24.9 Å². The third kappa shape index (κ3) is 2.87. The van der Waals surface area contributed by atoms with Crippen molar-refractivity contribution in [3.05, 3.63) is 29.6 Å². The summed E-state index contributed by atoms with van der Waals surface area (Å²) >= 11 is 0. The molecule has 0 bridgehead atoms. The maximum absolute atomic E-state index is 13.7. The summed E-state index contributed by atoms with van der Waals surface area (Å²) in [4.78, 5) is 14.1. The number of nitrogens with one attached hydrogen (secondary N) is 1. The van der Waals surface area contributed by atoms with E-state index in [0.29, 0.717) is 6.61 Å². The summed E-state index contributed by atoms with van der Waals surface area (Å²) < 4.78 is 19.0. The SMILES string of the molecule is CCOc1c(F)cccc1C(=O)N(C)C1CCNC1. The Hall–Kier alpha value is -1.62. The monoisotopic (exact) mass is 266 g/mol. The summed E-state index contributed by atoms with van der Waals surface area (Å²) in [5.41, 5.74) is 0.288. The second kappa shape index (κ2) is 6.02. The molecule has 1 heterocycles. The minimum Gasteiger partial charge on any atom is -0.490 e. The van der Waals surface area contributed by atoms with E-state index in [4.69, 9.17) is 4.74 Å². The van der Waals surface area contributed by atoms with E-state index in [2.05, 4.69) is 5.32 Å². The summed E-state index contributed by atoms with van der Waals surface area (Å²) in [6.07, 6.45) is 0.918. The van der Waals surface area contributed by atoms with E-state index in [9.17, 15) is 9.18 Å². The van der Waals surface area contributed by atoms with Gasteiger partial charge in [-0.3, -0.25) is 4.79 Å². The summed E-state index contributed by atoms with van der Waals surface area (Å²) in [6, 6.07) is 4.60. The third-order valence-corrected chi connectivity index (χ3v) is 3.39. The van der Waals surface area contributed by atoms with Crippen LogP contribution in [0, 0.1) is 5.82 Å². The predicted octanol–water partition coefficient (Wildman–Crippen LogP) is 1.66. The molecule has 0 radical (unpaired) electrons. The van der Waals surface area contributed by atoms with Crippen molar-refractivity contribution in [1.82, 2.24) is 10.2 Å². The van der Waals surface area contributed by atoms with E-state index in [0.717, 1.165) is 19.5 Å². The van der Waals surface area contributed by atoms with Crippen LogP contribution in [-0.4, -0.2) is 43.6 Å². The van der Waals surface area contributed by atoms with Crippen LogP contribution >= 0.6 is 0 Å². The number of hydrogen-bond donors (Lipinski definition) is 1. The van der Waals surface area contributed by atoms with Gasteiger partial charge in [-0.25, -0.2) is 4.39 Å². The summed E-state index contributed by atoms with van der Waals surface area (Å²) in [6.45, 7) is 3.78. The largest absolute Gasteiger partial charge is 0.490 e. The lowest BCUT2D eigenvalue weighted by Crippen LogP contribution is -2.38. The van der Waals surface area contributed by atoms with Gasteiger partial charge in [-0.15, -0.1) is 0 Å². The quantitative estimate of drug-likeness (QED) is 0.901. The number of carbonyl (C=O) groups is 1. The van der Waals surface area contributed by atoms with Gasteiger partial charge in [0.15, 0.2) is 11.6 Å². The maximum atomic E-state index is 13.7. The minimum atomic E-state index is -0.495. The molecule has 1 amide bonds. The van der Waals surface area contributed by atoms with Crippen molar-refractivity contribution in [2.24, 2.45) is 0 Å². The number of amides is 1. The van der Waals surface area contributed by atoms with Gasteiger partial charge >= 0.3 is 0 Å². The molecule has 0 saturated carbocycles. The van der Waals surface area contributed by atoms with Gasteiger partial charge in [-0.2, -0.15) is 0 Å². The molecular formula is C14H19FN2O2. The lowest BCUT2D eigenvalue weighted by Gasteiger charge is -2.24. The highest BCUT2D eigenvalue weighted by atomic mass is 19.1. The van der Waals surface area contributed by atoms with Crippen LogP contribution in [0.4, 0.5) is 4.39 Å². The van der Waals surface area contributed by atoms with Crippen LogP contribution in [0.25, 0.3) is 0 Å². The van der Waals surface area contributed by atoms with Crippen molar-refractivity contribution >= 4 is 5.91 Å². The van der Waals surface area contributed by atoms with E-state index in [1.807, 2.05) is 0 Å². The number of carbonyl (C=O) groups excluding carboxylic acids is 1. The van der Waals surface area contributed by atoms with Crippen LogP contribution in [0.15, 0.2) is 18.2 Å². The second-order valence-corrected chi connectivity index (χ2v) is 4.61. The summed E-state index contributed by atoms with van der Waals surface area (Å²) in [7, 11) is 1.75. The molecule has 1 aromatic carbocycles. The molecule has 1 aliphatic rings. The highest BCUT2D eigenvalue weighted by Gasteiger charge is 2.26. The van der Waals surface area contributed by atoms with Crippen LogP contribution in [0.3, 0.4) is 0 Å². The summed E-state index contributed by atoms with van der Waals surface area (Å²) in [5.74, 6) is -0.643. The second-order valence-electron chi connectivity index (χ2n) is 4.61. The predicted molar refractivity (Wildman–Crippen MR) is 70.9 cm³/mol. The van der Waals surface area contributed by atoms with Crippen molar-refractivity contribution in [3.8, 4) is 5.75 Å². The number of hydrogen-bond acceptors (Lipinski definition) is 3. The van der Waals surface area contributed by atoms with Crippen LogP contribution in [0.2, 0.25) is 0 Å². The molecule has 0 spiro atoms. The molecule has 0 aliphatic carbocycles. The fourth-order valence-electron chi connectivity index (χ4n) is 2.29. The minimum absolute atomic E-state index is 0.0489. The molecule has 1 aliphatic heterocycles. The van der Waals surface area contributed by atoms with Gasteiger partial charge < -0.3 is 15.0 Å². The number of benzene rings is 1. The number of nitrogens with zero attached hydrogens (tertiary/aromatic N) is 1. The standard InChI is InChI=1S/C14H19FN2O2/c1-3-19-13-11(5-4-6-12(13)15)14(18)17(2)10-7-8-16-9-10/h4-6,10,16H,3,7-9H2,1-2H3. The highest BCUT2D eigenvalue weighted by molar-refractivity contribution is 5.97. The van der Waals surface area contributed by atoms with Gasteiger partial charge in [0.2, 0.25) is 0 Å². The lowest BCUT2D eigenvalue weighted by atomic mass is 10.1. The van der Waals surface area contributed by atoms with Crippen LogP contribution in [0.5, 0.6) is 5.75 Å². The van der Waals surface area contributed by atoms with Crippen LogP contribution in [0.1, 0.15) is 23.7 Å². The number of para-hydroxylation sites is 1. The van der Waals surface area contributed by atoms with Crippen molar-refractivity contribution in [3.63, 3.8) is 0 Å². The Morgan fingerprint density at radius 1 is 1.58 bits per heavy atom. The Morgan fingerprint density at radius 2 is 2.37 bits per heavy atom. The van der Waals surface area contributed by atoms with Gasteiger partial charge in [0, 0.05) is 19.6 Å². The van der Waals surface area contributed by atoms with Gasteiger partial charge in [-0.1, -0.05) is 6.07 Å². The fraction of sp³-hybridized carbons (Fsp3) is 0.500. The van der Waals surface area contributed by atoms with Crippen LogP contribution < -0.4 is 10.1 Å². The van der Waals surface area contributed by atoms with Gasteiger partial charge in [0.25, 0.3) is 5.91 Å². The zero-order valence-electron chi connectivity index (χ0n) is 11.3. The molecule has 2 rings (SSSR count). The molecule has 1 fully saturated rings. The molecule has 1 unspecified atom stereocenters. The van der Waals surface area contributed by atoms with E-state index in [-0.39, 0.29) is 23.3 Å². The number of rotatable bonds is 4. The zero-order valence-corrected chi connectivity index (χ0v) is 11.3. The lowest BCUT2D eigenvalue weighted by molar-refractivity contribution is 0.0738. The highest BCUT2D eigenvalue weighted by Crippen LogP contribution is 2.25. The third-order valence-electron chi connectivity index (χ3n) is 3.39.